The molecule has 0 aromatic carbocycles. The molecule has 0 spiro atoms. The SMILES string of the molecule is CC1(C)CCC2(C(=O)OC3OC(CO)C(O)C(O)C3O)CCC3(C)C(=CCC4C5(C)CC(O)C(OC6OC(CO)C(O)C(OC7OC(CO)C(OC8OC(CO)C(O)C(OC9OC(CO)C(O)C(OC%10OCC(O)C(O)C%10O)C9O)C8O)C(O)C7O)C6O)C(C)(CO)C5CCC43C)C2C1. The van der Waals surface area contributed by atoms with E-state index in [0.717, 1.165) is 5.57 Å². The van der Waals surface area contributed by atoms with Crippen molar-refractivity contribution in [3.63, 3.8) is 0 Å². The van der Waals surface area contributed by atoms with Crippen LogP contribution in [0.4, 0.5) is 0 Å². The monoisotopic (exact) mass is 1430 g/mol. The third kappa shape index (κ3) is 13.3. The molecule has 570 valence electrons. The van der Waals surface area contributed by atoms with Gasteiger partial charge < -0.3 is 164 Å². The molecule has 0 aromatic rings. The van der Waals surface area contributed by atoms with E-state index >= 15 is 0 Å². The minimum atomic E-state index is -2.22. The molecule has 39 atom stereocenters. The van der Waals surface area contributed by atoms with Crippen LogP contribution >= 0.6 is 0 Å². The van der Waals surface area contributed by atoms with Crippen LogP contribution in [0.3, 0.4) is 0 Å². The Morgan fingerprint density at radius 1 is 0.444 bits per heavy atom. The van der Waals surface area contributed by atoms with Crippen LogP contribution in [-0.2, 0) is 61.6 Å². The summed E-state index contributed by atoms with van der Waals surface area (Å²) in [5.41, 5.74) is -3.04. The Morgan fingerprint density at radius 2 is 0.899 bits per heavy atom. The topological polar surface area (TPSA) is 553 Å². The molecule has 39 unspecified atom stereocenters. The molecule has 34 nitrogen and oxygen atoms in total. The molecule has 5 aliphatic carbocycles. The molecule has 6 heterocycles. The molecule has 4 saturated carbocycles. The number of allylic oxidation sites excluding steroid dienone is 2. The molecule has 11 aliphatic rings. The van der Waals surface area contributed by atoms with Gasteiger partial charge in [0, 0.05) is 5.41 Å². The van der Waals surface area contributed by atoms with Crippen molar-refractivity contribution in [2.75, 3.05) is 46.2 Å². The Hall–Kier alpha value is -2.07. The maximum Gasteiger partial charge on any atom is 0.315 e. The van der Waals surface area contributed by atoms with E-state index in [2.05, 4.69) is 40.7 Å². The van der Waals surface area contributed by atoms with Gasteiger partial charge in [0.15, 0.2) is 31.5 Å². The van der Waals surface area contributed by atoms with Crippen LogP contribution in [-0.4, -0.2) is 350 Å². The normalized spacial score (nSPS) is 54.6. The molecular formula is C65H106O34. The third-order valence-corrected chi connectivity index (χ3v) is 25.4. The van der Waals surface area contributed by atoms with Gasteiger partial charge in [-0.1, -0.05) is 53.2 Å². The van der Waals surface area contributed by atoms with Crippen LogP contribution in [0.2, 0.25) is 0 Å². The van der Waals surface area contributed by atoms with Crippen LogP contribution in [0, 0.1) is 50.2 Å². The summed E-state index contributed by atoms with van der Waals surface area (Å²) in [6.07, 6.45) is -49.7. The molecule has 11 rings (SSSR count). The molecule has 0 aromatic heterocycles. The van der Waals surface area contributed by atoms with Gasteiger partial charge in [-0.2, -0.15) is 0 Å². The number of ether oxygens (including phenoxy) is 12. The zero-order valence-corrected chi connectivity index (χ0v) is 56.2. The first-order chi connectivity index (χ1) is 46.6. The summed E-state index contributed by atoms with van der Waals surface area (Å²) < 4.78 is 70.0. The fourth-order valence-corrected chi connectivity index (χ4v) is 19.3. The first-order valence-corrected chi connectivity index (χ1v) is 34.5. The molecule has 34 heteroatoms. The summed E-state index contributed by atoms with van der Waals surface area (Å²) in [6.45, 7) is 7.08. The van der Waals surface area contributed by atoms with Crippen molar-refractivity contribution < 1.29 is 169 Å². The Bertz CT molecular complexity index is 2770. The van der Waals surface area contributed by atoms with Crippen molar-refractivity contribution in [2.24, 2.45) is 50.2 Å². The summed E-state index contributed by atoms with van der Waals surface area (Å²) in [7, 11) is 0. The highest BCUT2D eigenvalue weighted by molar-refractivity contribution is 5.79. The van der Waals surface area contributed by atoms with Crippen molar-refractivity contribution in [3.8, 4) is 0 Å². The molecule has 21 N–H and O–H groups in total. The van der Waals surface area contributed by atoms with Crippen LogP contribution < -0.4 is 0 Å². The van der Waals surface area contributed by atoms with Crippen LogP contribution in [0.5, 0.6) is 0 Å². The zero-order chi connectivity index (χ0) is 72.3. The Balaban J connectivity index is 0.770. The highest BCUT2D eigenvalue weighted by Crippen LogP contribution is 2.76. The van der Waals surface area contributed by atoms with E-state index in [1.807, 2.05) is 0 Å². The maximum atomic E-state index is 14.8. The molecular weight excluding hydrogens is 1320 g/mol. The van der Waals surface area contributed by atoms with E-state index in [1.165, 1.54) is 0 Å². The average Bonchev–Trinajstić information content (AvgIpc) is 0.673. The number of esters is 1. The second-order valence-corrected chi connectivity index (χ2v) is 31.4. The Labute approximate surface area is 571 Å². The second kappa shape index (κ2) is 29.6. The smallest absolute Gasteiger partial charge is 0.315 e. The summed E-state index contributed by atoms with van der Waals surface area (Å²) in [6, 6.07) is 0. The molecule has 0 amide bonds. The predicted octanol–water partition coefficient (Wildman–Crippen LogP) is -7.80. The average molecular weight is 1430 g/mol. The number of aliphatic hydroxyl groups is 21. The number of hydrogen-bond donors (Lipinski definition) is 21. The molecule has 0 radical (unpaired) electrons. The predicted molar refractivity (Wildman–Crippen MR) is 325 cm³/mol. The van der Waals surface area contributed by atoms with Gasteiger partial charge in [-0.15, -0.1) is 0 Å². The summed E-state index contributed by atoms with van der Waals surface area (Å²) in [5, 5.41) is 231. The number of fused-ring (bicyclic) bond motifs is 7. The van der Waals surface area contributed by atoms with Gasteiger partial charge in [0.05, 0.1) is 63.9 Å². The van der Waals surface area contributed by atoms with Gasteiger partial charge in [-0.3, -0.25) is 4.79 Å². The summed E-state index contributed by atoms with van der Waals surface area (Å²) in [4.78, 5) is 14.8. The third-order valence-electron chi connectivity index (χ3n) is 25.4. The van der Waals surface area contributed by atoms with E-state index in [9.17, 15) is 112 Å². The lowest BCUT2D eigenvalue weighted by atomic mass is 9.33. The lowest BCUT2D eigenvalue weighted by Crippen LogP contribution is -2.70. The van der Waals surface area contributed by atoms with Crippen molar-refractivity contribution >= 4 is 5.97 Å². The van der Waals surface area contributed by atoms with E-state index < -0.39 is 270 Å². The molecule has 0 bridgehead atoms. The van der Waals surface area contributed by atoms with Crippen molar-refractivity contribution in [3.05, 3.63) is 11.6 Å². The van der Waals surface area contributed by atoms with E-state index in [1.54, 1.807) is 6.92 Å². The van der Waals surface area contributed by atoms with Gasteiger partial charge >= 0.3 is 5.97 Å². The number of hydrogen-bond acceptors (Lipinski definition) is 34. The van der Waals surface area contributed by atoms with E-state index in [-0.39, 0.29) is 29.6 Å². The van der Waals surface area contributed by atoms with Gasteiger partial charge in [0.2, 0.25) is 6.29 Å². The highest BCUT2D eigenvalue weighted by atomic mass is 16.8. The minimum absolute atomic E-state index is 0.116. The Morgan fingerprint density at radius 3 is 1.43 bits per heavy atom. The molecule has 6 saturated heterocycles. The van der Waals surface area contributed by atoms with Gasteiger partial charge in [-0.05, 0) is 97.2 Å². The number of carbonyl (C=O) groups excluding carboxylic acids is 1. The van der Waals surface area contributed by atoms with E-state index in [4.69, 9.17) is 56.8 Å². The highest BCUT2D eigenvalue weighted by Gasteiger charge is 2.72. The second-order valence-electron chi connectivity index (χ2n) is 31.4. The molecule has 10 fully saturated rings. The molecule has 99 heavy (non-hydrogen) atoms. The van der Waals surface area contributed by atoms with Crippen molar-refractivity contribution in [2.45, 2.75) is 290 Å². The first-order valence-electron chi connectivity index (χ1n) is 34.5. The number of carbonyl (C=O) groups is 1. The van der Waals surface area contributed by atoms with Crippen molar-refractivity contribution in [1.82, 2.24) is 0 Å². The van der Waals surface area contributed by atoms with Crippen molar-refractivity contribution in [1.29, 1.82) is 0 Å². The van der Waals surface area contributed by atoms with E-state index in [0.29, 0.717) is 51.4 Å². The lowest BCUT2D eigenvalue weighted by molar-refractivity contribution is -0.396. The van der Waals surface area contributed by atoms with Crippen LogP contribution in [0.15, 0.2) is 11.6 Å². The maximum absolute atomic E-state index is 14.8. The summed E-state index contributed by atoms with van der Waals surface area (Å²) >= 11 is 0. The van der Waals surface area contributed by atoms with Gasteiger partial charge in [0.1, 0.15) is 140 Å². The molecule has 6 aliphatic heterocycles. The summed E-state index contributed by atoms with van der Waals surface area (Å²) in [5.74, 6) is -1.38. The quantitative estimate of drug-likeness (QED) is 0.0344. The van der Waals surface area contributed by atoms with Gasteiger partial charge in [0.25, 0.3) is 0 Å². The van der Waals surface area contributed by atoms with Crippen LogP contribution in [0.1, 0.15) is 99.3 Å². The first kappa shape index (κ1) is 78.0. The number of rotatable bonds is 18. The zero-order valence-electron chi connectivity index (χ0n) is 56.2. The van der Waals surface area contributed by atoms with Gasteiger partial charge in [-0.25, -0.2) is 0 Å². The largest absolute Gasteiger partial charge is 0.432 e. The Kier molecular flexibility index (Phi) is 23.3. The fraction of sp³-hybridized carbons (Fsp3) is 0.954. The number of aliphatic hydroxyl groups excluding tert-OH is 21. The standard InChI is InChI=1S/C65H106O34/c1-60(2)11-13-65(59(87)99-55-43(82)40(79)36(75)28(17-66)89-55)14-12-63(5)24(25(65)15-60)7-8-34-61(3)16-26(72)52(62(4,23-71)33(61)9-10-64(34,63)6)98-58-47(86)51(39(78)31(20-69)92-58)96-54-44(83)41(80)48(32(21-70)93-54)94-56-46(85)50(38(77)30(19-68)90-56)97-57-45(84)49(37(76)29(18-67)91-57)95-53-42(81)35(74)27(73)22-88-53/h7,25-58,66-86H,8-23H2,1-6H3. The lowest BCUT2D eigenvalue weighted by Gasteiger charge is -2.72. The van der Waals surface area contributed by atoms with Crippen LogP contribution in [0.25, 0.3) is 0 Å². The fourth-order valence-electron chi connectivity index (χ4n) is 19.3. The minimum Gasteiger partial charge on any atom is -0.432 e.